The van der Waals surface area contributed by atoms with Crippen molar-refractivity contribution in [1.29, 1.82) is 0 Å². The zero-order chi connectivity index (χ0) is 27.7. The topological polar surface area (TPSA) is 60.7 Å². The van der Waals surface area contributed by atoms with E-state index >= 15 is 0 Å². The van der Waals surface area contributed by atoms with Gasteiger partial charge < -0.3 is 0 Å². The summed E-state index contributed by atoms with van der Waals surface area (Å²) < 4.78 is 43.1. The van der Waals surface area contributed by atoms with Crippen LogP contribution in [0.3, 0.4) is 0 Å². The third-order valence-electron chi connectivity index (χ3n) is 6.45. The molecule has 6 aromatic rings. The third-order valence-corrected chi connectivity index (χ3v) is 7.44. The van der Waals surface area contributed by atoms with Crippen molar-refractivity contribution in [3.8, 4) is 5.69 Å². The Morgan fingerprint density at radius 2 is 1.32 bits per heavy atom. The molecule has 0 fully saturated rings. The molecule has 198 valence electrons. The average Bonchev–Trinajstić information content (AvgIpc) is 2.96. The van der Waals surface area contributed by atoms with Gasteiger partial charge in [-0.2, -0.15) is 13.2 Å². The van der Waals surface area contributed by atoms with Crippen LogP contribution in [0.5, 0.6) is 0 Å². The van der Waals surface area contributed by atoms with Crippen LogP contribution in [0.25, 0.3) is 27.5 Å². The number of para-hydroxylation sites is 3. The van der Waals surface area contributed by atoms with E-state index < -0.39 is 17.3 Å². The van der Waals surface area contributed by atoms with E-state index in [2.05, 4.69) is 4.98 Å². The Morgan fingerprint density at radius 3 is 2.08 bits per heavy atom. The van der Waals surface area contributed by atoms with Crippen molar-refractivity contribution >= 4 is 33.6 Å². The molecule has 0 spiro atoms. The summed E-state index contributed by atoms with van der Waals surface area (Å²) in [5.41, 5.74) is 0.514. The number of rotatable bonds is 6. The summed E-state index contributed by atoms with van der Waals surface area (Å²) in [6, 6.07) is 29.2. The Bertz CT molecular complexity index is 1910. The second kappa shape index (κ2) is 10.6. The van der Waals surface area contributed by atoms with Crippen LogP contribution in [0.1, 0.15) is 22.8 Å². The maximum absolute atomic E-state index is 14.0. The summed E-state index contributed by atoms with van der Waals surface area (Å²) in [4.78, 5) is 27.8. The molecule has 0 atom stereocenters. The monoisotopic (exact) mass is 554 g/mol. The van der Waals surface area contributed by atoms with Gasteiger partial charge in [-0.25, -0.2) is 15.0 Å². The Hall–Kier alpha value is -4.50. The minimum absolute atomic E-state index is 0.109. The van der Waals surface area contributed by atoms with E-state index in [1.165, 1.54) is 30.0 Å². The zero-order valence-corrected chi connectivity index (χ0v) is 21.8. The minimum Gasteiger partial charge on any atom is -0.268 e. The molecule has 5 nitrogen and oxygen atoms in total. The number of benzene rings is 4. The lowest BCUT2D eigenvalue weighted by Crippen LogP contribution is -2.26. The summed E-state index contributed by atoms with van der Waals surface area (Å²) in [5, 5.41) is 1.72. The van der Waals surface area contributed by atoms with Crippen molar-refractivity contribution in [3.63, 3.8) is 0 Å². The van der Waals surface area contributed by atoms with Crippen molar-refractivity contribution in [2.75, 3.05) is 0 Å². The fourth-order valence-corrected chi connectivity index (χ4v) is 5.58. The lowest BCUT2D eigenvalue weighted by molar-refractivity contribution is -0.137. The van der Waals surface area contributed by atoms with Crippen LogP contribution in [0.4, 0.5) is 13.2 Å². The lowest BCUT2D eigenvalue weighted by atomic mass is 10.1. The molecule has 0 radical (unpaired) electrons. The average molecular weight is 555 g/mol. The molecule has 0 aliphatic carbocycles. The van der Waals surface area contributed by atoms with E-state index in [0.29, 0.717) is 22.8 Å². The second-order valence-corrected chi connectivity index (χ2v) is 10.1. The highest BCUT2D eigenvalue weighted by atomic mass is 32.2. The van der Waals surface area contributed by atoms with Gasteiger partial charge >= 0.3 is 6.18 Å². The van der Waals surface area contributed by atoms with Crippen molar-refractivity contribution in [3.05, 3.63) is 136 Å². The van der Waals surface area contributed by atoms with Gasteiger partial charge in [0.15, 0.2) is 0 Å². The van der Waals surface area contributed by atoms with Crippen molar-refractivity contribution in [2.24, 2.45) is 0 Å². The number of alkyl halides is 3. The molecule has 0 unspecified atom stereocenters. The third kappa shape index (κ3) is 5.08. The van der Waals surface area contributed by atoms with Crippen LogP contribution in [0.2, 0.25) is 0 Å². The Labute approximate surface area is 231 Å². The smallest absolute Gasteiger partial charge is 0.268 e. The first-order valence-electron chi connectivity index (χ1n) is 12.5. The largest absolute Gasteiger partial charge is 0.418 e. The molecule has 0 amide bonds. The van der Waals surface area contributed by atoms with Crippen LogP contribution >= 0.6 is 11.8 Å². The van der Waals surface area contributed by atoms with Crippen molar-refractivity contribution in [2.45, 2.75) is 23.4 Å². The van der Waals surface area contributed by atoms with Gasteiger partial charge in [-0.1, -0.05) is 84.6 Å². The van der Waals surface area contributed by atoms with E-state index in [9.17, 15) is 18.0 Å². The van der Waals surface area contributed by atoms with Gasteiger partial charge in [0, 0.05) is 11.8 Å². The molecular weight excluding hydrogens is 533 g/mol. The van der Waals surface area contributed by atoms with Crippen LogP contribution in [0.15, 0.2) is 113 Å². The fourth-order valence-electron chi connectivity index (χ4n) is 4.63. The van der Waals surface area contributed by atoms with Crippen molar-refractivity contribution < 1.29 is 13.2 Å². The number of nitrogens with zero attached hydrogens (tertiary/aromatic N) is 4. The summed E-state index contributed by atoms with van der Waals surface area (Å²) in [7, 11) is 0. The molecule has 0 saturated heterocycles. The highest BCUT2D eigenvalue weighted by Gasteiger charge is 2.34. The molecule has 2 aromatic heterocycles. The SMILES string of the molecule is O=c1c2ccccc2nc(CSc2nc(Cc3ccccc3)nc3ccccc23)n1-c1ccccc1C(F)(F)F. The Kier molecular flexibility index (Phi) is 6.81. The van der Waals surface area contributed by atoms with Gasteiger partial charge in [0.05, 0.1) is 33.4 Å². The summed E-state index contributed by atoms with van der Waals surface area (Å²) in [6.07, 6.45) is -4.13. The number of halogens is 3. The molecule has 0 aliphatic heterocycles. The van der Waals surface area contributed by atoms with Gasteiger partial charge in [0.2, 0.25) is 0 Å². The van der Waals surface area contributed by atoms with Gasteiger partial charge in [0.1, 0.15) is 16.7 Å². The zero-order valence-electron chi connectivity index (χ0n) is 21.0. The van der Waals surface area contributed by atoms with Gasteiger partial charge in [0.25, 0.3) is 5.56 Å². The predicted molar refractivity (Wildman–Crippen MR) is 151 cm³/mol. The molecule has 0 N–H and O–H groups in total. The molecular formula is C31H21F3N4OS. The van der Waals surface area contributed by atoms with Crippen LogP contribution in [-0.2, 0) is 18.3 Å². The van der Waals surface area contributed by atoms with Crippen LogP contribution in [-0.4, -0.2) is 19.5 Å². The maximum Gasteiger partial charge on any atom is 0.418 e. The molecule has 40 heavy (non-hydrogen) atoms. The fraction of sp³-hybridized carbons (Fsp3) is 0.0968. The molecule has 9 heteroatoms. The predicted octanol–water partition coefficient (Wildman–Crippen LogP) is 7.23. The quantitative estimate of drug-likeness (QED) is 0.161. The highest BCUT2D eigenvalue weighted by molar-refractivity contribution is 7.98. The first-order chi connectivity index (χ1) is 19.4. The Balaban J connectivity index is 1.47. The first-order valence-corrected chi connectivity index (χ1v) is 13.5. The number of thioether (sulfide) groups is 1. The lowest BCUT2D eigenvalue weighted by Gasteiger charge is -2.18. The van der Waals surface area contributed by atoms with Gasteiger partial charge in [-0.15, -0.1) is 0 Å². The Morgan fingerprint density at radius 1 is 0.700 bits per heavy atom. The van der Waals surface area contributed by atoms with E-state index in [4.69, 9.17) is 9.97 Å². The van der Waals surface area contributed by atoms with E-state index in [1.54, 1.807) is 24.3 Å². The van der Waals surface area contributed by atoms with Crippen LogP contribution in [0, 0.1) is 0 Å². The molecule has 4 aromatic carbocycles. The van der Waals surface area contributed by atoms with Gasteiger partial charge in [-0.3, -0.25) is 9.36 Å². The highest BCUT2D eigenvalue weighted by Crippen LogP contribution is 2.35. The van der Waals surface area contributed by atoms with Crippen LogP contribution < -0.4 is 5.56 Å². The summed E-state index contributed by atoms with van der Waals surface area (Å²) in [5.74, 6) is 0.925. The standard InChI is InChI=1S/C31H21F3N4OS/c32-31(33,34)23-14-6-9-17-26(23)38-28(36-25-16-8-5-13-22(25)30(38)39)19-40-29-21-12-4-7-15-24(21)35-27(37-29)18-20-10-2-1-3-11-20/h1-17H,18-19H2. The summed E-state index contributed by atoms with van der Waals surface area (Å²) >= 11 is 1.31. The van der Waals surface area contributed by atoms with E-state index in [1.807, 2.05) is 54.6 Å². The van der Waals surface area contributed by atoms with E-state index in [-0.39, 0.29) is 22.7 Å². The minimum atomic E-state index is -4.65. The normalized spacial score (nSPS) is 11.8. The molecule has 0 aliphatic rings. The maximum atomic E-state index is 14.0. The number of aromatic nitrogens is 4. The van der Waals surface area contributed by atoms with Crippen molar-refractivity contribution in [1.82, 2.24) is 19.5 Å². The van der Waals surface area contributed by atoms with Gasteiger partial charge in [-0.05, 0) is 35.9 Å². The molecule has 2 heterocycles. The number of hydrogen-bond acceptors (Lipinski definition) is 5. The molecule has 0 bridgehead atoms. The summed E-state index contributed by atoms with van der Waals surface area (Å²) in [6.45, 7) is 0. The molecule has 0 saturated carbocycles. The molecule has 6 rings (SSSR count). The van der Waals surface area contributed by atoms with E-state index in [0.717, 1.165) is 27.1 Å². The number of fused-ring (bicyclic) bond motifs is 2. The number of hydrogen-bond donors (Lipinski definition) is 0. The first kappa shape index (κ1) is 25.8. The second-order valence-electron chi connectivity index (χ2n) is 9.11.